The molecule has 0 radical (unpaired) electrons. The largest absolute Gasteiger partial charge is 0.480 e. The third kappa shape index (κ3) is 2.39. The third-order valence-corrected chi connectivity index (χ3v) is 1.54. The van der Waals surface area contributed by atoms with E-state index in [1.165, 1.54) is 0 Å². The average Bonchev–Trinajstić information content (AvgIpc) is 2.06. The van der Waals surface area contributed by atoms with E-state index in [4.69, 9.17) is 15.6 Å². The molecule has 0 saturated carbocycles. The van der Waals surface area contributed by atoms with Gasteiger partial charge in [0.2, 0.25) is 0 Å². The third-order valence-electron chi connectivity index (χ3n) is 1.54. The van der Waals surface area contributed by atoms with Crippen LogP contribution in [0.5, 0.6) is 0 Å². The zero-order chi connectivity index (χ0) is 8.97. The summed E-state index contributed by atoms with van der Waals surface area (Å²) in [6.07, 6.45) is 6.24. The van der Waals surface area contributed by atoms with Crippen LogP contribution < -0.4 is 5.73 Å². The number of carbonyl (C=O) groups is 1. The molecule has 0 aromatic heterocycles. The number of ether oxygens (including phenoxy) is 1. The van der Waals surface area contributed by atoms with Gasteiger partial charge in [0.25, 0.3) is 0 Å². The number of rotatable bonds is 3. The van der Waals surface area contributed by atoms with Crippen LogP contribution in [0.1, 0.15) is 12.8 Å². The second kappa shape index (κ2) is 3.92. The molecule has 1 heterocycles. The Labute approximate surface area is 70.3 Å². The first-order valence-electron chi connectivity index (χ1n) is 3.69. The lowest BCUT2D eigenvalue weighted by Crippen LogP contribution is -2.30. The summed E-state index contributed by atoms with van der Waals surface area (Å²) in [6, 6.07) is -0.872. The van der Waals surface area contributed by atoms with E-state index in [0.717, 1.165) is 6.42 Å². The van der Waals surface area contributed by atoms with Crippen LogP contribution in [0, 0.1) is 0 Å². The van der Waals surface area contributed by atoms with E-state index in [1.54, 1.807) is 6.26 Å². The van der Waals surface area contributed by atoms with Gasteiger partial charge in [0.15, 0.2) is 0 Å². The van der Waals surface area contributed by atoms with Crippen molar-refractivity contribution in [2.75, 3.05) is 0 Å². The lowest BCUT2D eigenvalue weighted by atomic mass is 10.1. The molecule has 0 saturated heterocycles. The highest BCUT2D eigenvalue weighted by molar-refractivity contribution is 5.73. The van der Waals surface area contributed by atoms with Gasteiger partial charge in [-0.25, -0.2) is 0 Å². The van der Waals surface area contributed by atoms with Gasteiger partial charge in [-0.3, -0.25) is 4.79 Å². The fraction of sp³-hybridized carbons (Fsp3) is 0.375. The Hall–Kier alpha value is -1.29. The van der Waals surface area contributed by atoms with E-state index in [9.17, 15) is 4.79 Å². The van der Waals surface area contributed by atoms with E-state index in [2.05, 4.69) is 0 Å². The molecule has 0 aromatic rings. The standard InChI is InChI=1S/C8H11NO3/c9-7(8(10)11)5-6-3-1-2-4-12-6/h2-4,7H,1,5,9H2,(H,10,11). The predicted octanol–water partition coefficient (Wildman–Crippen LogP) is 0.606. The van der Waals surface area contributed by atoms with Crippen LogP contribution in [0.15, 0.2) is 24.2 Å². The molecule has 1 atom stereocenters. The molecule has 0 spiro atoms. The van der Waals surface area contributed by atoms with Crippen LogP contribution >= 0.6 is 0 Å². The Morgan fingerprint density at radius 3 is 3.08 bits per heavy atom. The molecule has 0 aromatic carbocycles. The maximum atomic E-state index is 10.3. The summed E-state index contributed by atoms with van der Waals surface area (Å²) in [5.74, 6) is -0.374. The molecule has 66 valence electrons. The number of hydrogen-bond donors (Lipinski definition) is 2. The zero-order valence-corrected chi connectivity index (χ0v) is 6.56. The van der Waals surface area contributed by atoms with Gasteiger partial charge in [-0.2, -0.15) is 0 Å². The Balaban J connectivity index is 2.40. The highest BCUT2D eigenvalue weighted by Crippen LogP contribution is 2.12. The topological polar surface area (TPSA) is 72.5 Å². The molecule has 12 heavy (non-hydrogen) atoms. The lowest BCUT2D eigenvalue weighted by molar-refractivity contribution is -0.138. The minimum absolute atomic E-state index is 0.250. The van der Waals surface area contributed by atoms with Gasteiger partial charge < -0.3 is 15.6 Å². The van der Waals surface area contributed by atoms with Crippen molar-refractivity contribution >= 4 is 5.97 Å². The molecule has 4 nitrogen and oxygen atoms in total. The number of aliphatic carboxylic acids is 1. The summed E-state index contributed by atoms with van der Waals surface area (Å²) in [4.78, 5) is 10.3. The first kappa shape index (κ1) is 8.80. The summed E-state index contributed by atoms with van der Waals surface area (Å²) in [7, 11) is 0. The second-order valence-corrected chi connectivity index (χ2v) is 2.54. The van der Waals surface area contributed by atoms with Crippen molar-refractivity contribution in [3.63, 3.8) is 0 Å². The molecule has 1 rings (SSSR count). The summed E-state index contributed by atoms with van der Waals surface area (Å²) < 4.78 is 5.04. The molecule has 0 bridgehead atoms. The number of carboxylic acids is 1. The zero-order valence-electron chi connectivity index (χ0n) is 6.56. The molecule has 3 N–H and O–H groups in total. The quantitative estimate of drug-likeness (QED) is 0.649. The van der Waals surface area contributed by atoms with E-state index < -0.39 is 12.0 Å². The first-order valence-corrected chi connectivity index (χ1v) is 3.69. The Kier molecular flexibility index (Phi) is 2.88. The highest BCUT2D eigenvalue weighted by Gasteiger charge is 2.14. The fourth-order valence-corrected chi connectivity index (χ4v) is 0.874. The van der Waals surface area contributed by atoms with Gasteiger partial charge >= 0.3 is 5.97 Å². The van der Waals surface area contributed by atoms with E-state index in [1.807, 2.05) is 12.2 Å². The fourth-order valence-electron chi connectivity index (χ4n) is 0.874. The maximum Gasteiger partial charge on any atom is 0.320 e. The van der Waals surface area contributed by atoms with Crippen LogP contribution in [0.25, 0.3) is 0 Å². The van der Waals surface area contributed by atoms with Gasteiger partial charge in [-0.05, 0) is 18.6 Å². The normalized spacial score (nSPS) is 17.9. The molecule has 0 amide bonds. The van der Waals surface area contributed by atoms with Gasteiger partial charge in [-0.15, -0.1) is 0 Å². The summed E-state index contributed by atoms with van der Waals surface area (Å²) in [6.45, 7) is 0. The molecule has 4 heteroatoms. The van der Waals surface area contributed by atoms with Crippen molar-refractivity contribution in [3.05, 3.63) is 24.2 Å². The lowest BCUT2D eigenvalue weighted by Gasteiger charge is -2.11. The van der Waals surface area contributed by atoms with Crippen molar-refractivity contribution in [1.82, 2.24) is 0 Å². The molecule has 0 fully saturated rings. The van der Waals surface area contributed by atoms with E-state index in [0.29, 0.717) is 5.76 Å². The molecule has 1 unspecified atom stereocenters. The van der Waals surface area contributed by atoms with Crippen molar-refractivity contribution in [2.45, 2.75) is 18.9 Å². The minimum atomic E-state index is -1.01. The highest BCUT2D eigenvalue weighted by atomic mass is 16.5. The second-order valence-electron chi connectivity index (χ2n) is 2.54. The van der Waals surface area contributed by atoms with Crippen LogP contribution in [0.4, 0.5) is 0 Å². The van der Waals surface area contributed by atoms with Gasteiger partial charge in [0.05, 0.1) is 6.26 Å². The molecule has 0 aliphatic carbocycles. The van der Waals surface area contributed by atoms with Crippen molar-refractivity contribution in [2.24, 2.45) is 5.73 Å². The number of carboxylic acid groups (broad SMARTS) is 1. The monoisotopic (exact) mass is 169 g/mol. The average molecular weight is 169 g/mol. The molecular formula is C8H11NO3. The van der Waals surface area contributed by atoms with Crippen LogP contribution in [0.2, 0.25) is 0 Å². The van der Waals surface area contributed by atoms with Crippen LogP contribution in [-0.4, -0.2) is 17.1 Å². The SMILES string of the molecule is NC(CC1=CCC=CO1)C(=O)O. The molecular weight excluding hydrogens is 158 g/mol. The smallest absolute Gasteiger partial charge is 0.320 e. The summed E-state index contributed by atoms with van der Waals surface area (Å²) in [5, 5.41) is 8.49. The maximum absolute atomic E-state index is 10.3. The van der Waals surface area contributed by atoms with Crippen LogP contribution in [-0.2, 0) is 9.53 Å². The Morgan fingerprint density at radius 2 is 2.58 bits per heavy atom. The molecule has 1 aliphatic heterocycles. The summed E-state index contributed by atoms with van der Waals surface area (Å²) >= 11 is 0. The Bertz CT molecular complexity index is 232. The molecule has 1 aliphatic rings. The first-order chi connectivity index (χ1) is 5.70. The van der Waals surface area contributed by atoms with Gasteiger partial charge in [-0.1, -0.05) is 0 Å². The Morgan fingerprint density at radius 1 is 1.83 bits per heavy atom. The van der Waals surface area contributed by atoms with Crippen molar-refractivity contribution < 1.29 is 14.6 Å². The predicted molar refractivity (Wildman–Crippen MR) is 43.2 cm³/mol. The van der Waals surface area contributed by atoms with Crippen LogP contribution in [0.3, 0.4) is 0 Å². The van der Waals surface area contributed by atoms with Gasteiger partial charge in [0, 0.05) is 6.42 Å². The number of nitrogens with two attached hydrogens (primary N) is 1. The minimum Gasteiger partial charge on any atom is -0.480 e. The number of hydrogen-bond acceptors (Lipinski definition) is 3. The van der Waals surface area contributed by atoms with Crippen molar-refractivity contribution in [3.8, 4) is 0 Å². The number of allylic oxidation sites excluding steroid dienone is 2. The van der Waals surface area contributed by atoms with Gasteiger partial charge in [0.1, 0.15) is 11.8 Å². The van der Waals surface area contributed by atoms with E-state index >= 15 is 0 Å². The van der Waals surface area contributed by atoms with Crippen molar-refractivity contribution in [1.29, 1.82) is 0 Å². The van der Waals surface area contributed by atoms with E-state index in [-0.39, 0.29) is 6.42 Å². The summed E-state index contributed by atoms with van der Waals surface area (Å²) in [5.41, 5.74) is 5.30.